The zero-order valence-electron chi connectivity index (χ0n) is 9.78. The van der Waals surface area contributed by atoms with Crippen LogP contribution in [0.1, 0.15) is 18.1 Å². The Labute approximate surface area is 115 Å². The molecule has 0 N–H and O–H groups in total. The first-order valence-electron chi connectivity index (χ1n) is 5.42. The largest absolute Gasteiger partial charge is 0.326 e. The standard InChI is InChI=1S/C12H14Cl2N2S/c1-8(13)12-15-11-9(14)4-3-5-10(11)16(12)6-7-17-2/h3-5,8H,6-7H2,1-2H3. The van der Waals surface area contributed by atoms with Crippen molar-refractivity contribution in [3.63, 3.8) is 0 Å². The van der Waals surface area contributed by atoms with Crippen LogP contribution in [0.3, 0.4) is 0 Å². The van der Waals surface area contributed by atoms with Crippen molar-refractivity contribution in [2.45, 2.75) is 18.8 Å². The summed E-state index contributed by atoms with van der Waals surface area (Å²) >= 11 is 14.1. The summed E-state index contributed by atoms with van der Waals surface area (Å²) in [6.07, 6.45) is 2.09. The summed E-state index contributed by atoms with van der Waals surface area (Å²) < 4.78 is 2.16. The zero-order valence-corrected chi connectivity index (χ0v) is 12.1. The van der Waals surface area contributed by atoms with E-state index >= 15 is 0 Å². The average molecular weight is 289 g/mol. The van der Waals surface area contributed by atoms with Crippen molar-refractivity contribution in [1.82, 2.24) is 9.55 Å². The third kappa shape index (κ3) is 2.56. The molecule has 0 aliphatic rings. The number of aryl methyl sites for hydroxylation is 1. The molecule has 0 aliphatic heterocycles. The molecule has 0 bridgehead atoms. The van der Waals surface area contributed by atoms with Gasteiger partial charge in [0, 0.05) is 12.3 Å². The molecule has 0 aliphatic carbocycles. The van der Waals surface area contributed by atoms with Crippen molar-refractivity contribution in [1.29, 1.82) is 0 Å². The minimum absolute atomic E-state index is 0.111. The number of alkyl halides is 1. The quantitative estimate of drug-likeness (QED) is 0.779. The Bertz CT molecular complexity index is 522. The molecule has 92 valence electrons. The Morgan fingerprint density at radius 3 is 2.88 bits per heavy atom. The van der Waals surface area contributed by atoms with Gasteiger partial charge in [-0.05, 0) is 25.3 Å². The number of benzene rings is 1. The predicted molar refractivity (Wildman–Crippen MR) is 77.4 cm³/mol. The minimum Gasteiger partial charge on any atom is -0.326 e. The van der Waals surface area contributed by atoms with E-state index in [9.17, 15) is 0 Å². The first-order valence-corrected chi connectivity index (χ1v) is 7.63. The molecular weight excluding hydrogens is 275 g/mol. The second-order valence-corrected chi connectivity index (χ2v) is 5.89. The van der Waals surface area contributed by atoms with Gasteiger partial charge in [0.15, 0.2) is 0 Å². The lowest BCUT2D eigenvalue weighted by atomic mass is 10.3. The van der Waals surface area contributed by atoms with E-state index in [1.807, 2.05) is 36.9 Å². The smallest absolute Gasteiger partial charge is 0.127 e. The summed E-state index contributed by atoms with van der Waals surface area (Å²) in [4.78, 5) is 4.55. The lowest BCUT2D eigenvalue weighted by Crippen LogP contribution is -2.06. The van der Waals surface area contributed by atoms with Gasteiger partial charge in [-0.1, -0.05) is 17.7 Å². The lowest BCUT2D eigenvalue weighted by molar-refractivity contribution is 0.724. The fraction of sp³-hybridized carbons (Fsp3) is 0.417. The van der Waals surface area contributed by atoms with Gasteiger partial charge in [0.05, 0.1) is 15.9 Å². The number of halogens is 2. The molecule has 1 atom stereocenters. The second-order valence-electron chi connectivity index (χ2n) is 3.84. The highest BCUT2D eigenvalue weighted by Gasteiger charge is 2.15. The van der Waals surface area contributed by atoms with E-state index in [1.54, 1.807) is 0 Å². The third-order valence-electron chi connectivity index (χ3n) is 2.63. The molecule has 0 spiro atoms. The fourth-order valence-electron chi connectivity index (χ4n) is 1.85. The van der Waals surface area contributed by atoms with Crippen molar-refractivity contribution in [3.05, 3.63) is 29.0 Å². The van der Waals surface area contributed by atoms with Gasteiger partial charge in [-0.25, -0.2) is 4.98 Å². The number of imidazole rings is 1. The molecule has 0 radical (unpaired) electrons. The summed E-state index contributed by atoms with van der Waals surface area (Å²) in [6.45, 7) is 2.84. The highest BCUT2D eigenvalue weighted by Crippen LogP contribution is 2.28. The summed E-state index contributed by atoms with van der Waals surface area (Å²) in [5.41, 5.74) is 1.91. The zero-order chi connectivity index (χ0) is 12.4. The monoisotopic (exact) mass is 288 g/mol. The number of aromatic nitrogens is 2. The summed E-state index contributed by atoms with van der Waals surface area (Å²) in [6, 6.07) is 5.85. The van der Waals surface area contributed by atoms with E-state index in [2.05, 4.69) is 15.8 Å². The highest BCUT2D eigenvalue weighted by molar-refractivity contribution is 7.98. The fourth-order valence-corrected chi connectivity index (χ4v) is 2.60. The maximum atomic E-state index is 6.18. The van der Waals surface area contributed by atoms with Gasteiger partial charge in [-0.3, -0.25) is 0 Å². The van der Waals surface area contributed by atoms with Crippen LogP contribution in [-0.4, -0.2) is 21.6 Å². The Kier molecular flexibility index (Phi) is 4.23. The summed E-state index contributed by atoms with van der Waals surface area (Å²) in [7, 11) is 0. The van der Waals surface area contributed by atoms with Crippen molar-refractivity contribution in [3.8, 4) is 0 Å². The molecule has 0 amide bonds. The molecule has 1 heterocycles. The van der Waals surface area contributed by atoms with E-state index in [0.29, 0.717) is 5.02 Å². The van der Waals surface area contributed by atoms with Crippen molar-refractivity contribution in [2.75, 3.05) is 12.0 Å². The molecule has 2 nitrogen and oxygen atoms in total. The van der Waals surface area contributed by atoms with Gasteiger partial charge in [-0.15, -0.1) is 11.6 Å². The SMILES string of the molecule is CSCCn1c(C(C)Cl)nc2c(Cl)cccc21. The second kappa shape index (κ2) is 5.51. The van der Waals surface area contributed by atoms with E-state index in [-0.39, 0.29) is 5.38 Å². The Hall–Kier alpha value is -0.380. The molecule has 2 rings (SSSR count). The number of nitrogens with zero attached hydrogens (tertiary/aromatic N) is 2. The number of rotatable bonds is 4. The number of hydrogen-bond acceptors (Lipinski definition) is 2. The van der Waals surface area contributed by atoms with E-state index in [1.165, 1.54) is 0 Å². The molecular formula is C12H14Cl2N2S. The van der Waals surface area contributed by atoms with Crippen molar-refractivity contribution < 1.29 is 0 Å². The van der Waals surface area contributed by atoms with Gasteiger partial charge in [0.25, 0.3) is 0 Å². The molecule has 1 unspecified atom stereocenters. The molecule has 0 saturated carbocycles. The third-order valence-corrected chi connectivity index (χ3v) is 3.72. The number of thioether (sulfide) groups is 1. The van der Waals surface area contributed by atoms with Crippen LogP contribution in [0, 0.1) is 0 Å². The molecule has 1 aromatic carbocycles. The summed E-state index contributed by atoms with van der Waals surface area (Å²) in [5, 5.41) is 0.573. The first-order chi connectivity index (χ1) is 8.15. The summed E-state index contributed by atoms with van der Waals surface area (Å²) in [5.74, 6) is 1.93. The highest BCUT2D eigenvalue weighted by atomic mass is 35.5. The van der Waals surface area contributed by atoms with Crippen LogP contribution in [0.5, 0.6) is 0 Å². The van der Waals surface area contributed by atoms with Crippen LogP contribution in [0.15, 0.2) is 18.2 Å². The molecule has 5 heteroatoms. The molecule has 17 heavy (non-hydrogen) atoms. The average Bonchev–Trinajstić information content (AvgIpc) is 2.67. The van der Waals surface area contributed by atoms with Crippen molar-refractivity contribution >= 4 is 46.0 Å². The van der Waals surface area contributed by atoms with Crippen LogP contribution in [0.2, 0.25) is 5.02 Å². The van der Waals surface area contributed by atoms with Crippen LogP contribution < -0.4 is 0 Å². The molecule has 2 aromatic rings. The topological polar surface area (TPSA) is 17.8 Å². The van der Waals surface area contributed by atoms with Gasteiger partial charge < -0.3 is 4.57 Å². The van der Waals surface area contributed by atoms with E-state index in [0.717, 1.165) is 29.2 Å². The maximum absolute atomic E-state index is 6.18. The maximum Gasteiger partial charge on any atom is 0.127 e. The van der Waals surface area contributed by atoms with Crippen LogP contribution >= 0.6 is 35.0 Å². The van der Waals surface area contributed by atoms with E-state index in [4.69, 9.17) is 23.2 Å². The number of fused-ring (bicyclic) bond motifs is 1. The molecule has 0 fully saturated rings. The van der Waals surface area contributed by atoms with E-state index < -0.39 is 0 Å². The van der Waals surface area contributed by atoms with Gasteiger partial charge >= 0.3 is 0 Å². The number of para-hydroxylation sites is 1. The predicted octanol–water partition coefficient (Wildman–Crippen LogP) is 4.35. The number of hydrogen-bond donors (Lipinski definition) is 0. The van der Waals surface area contributed by atoms with Crippen molar-refractivity contribution in [2.24, 2.45) is 0 Å². The molecule has 0 saturated heterocycles. The Morgan fingerprint density at radius 2 is 2.24 bits per heavy atom. The molecule has 1 aromatic heterocycles. The lowest BCUT2D eigenvalue weighted by Gasteiger charge is -2.09. The first kappa shape index (κ1) is 13.1. The Morgan fingerprint density at radius 1 is 1.47 bits per heavy atom. The van der Waals surface area contributed by atoms with Gasteiger partial charge in [0.1, 0.15) is 11.3 Å². The van der Waals surface area contributed by atoms with Gasteiger partial charge in [-0.2, -0.15) is 11.8 Å². The Balaban J connectivity index is 2.59. The normalized spacial score (nSPS) is 13.2. The van der Waals surface area contributed by atoms with Crippen LogP contribution in [0.4, 0.5) is 0 Å². The van der Waals surface area contributed by atoms with Gasteiger partial charge in [0.2, 0.25) is 0 Å². The van der Waals surface area contributed by atoms with Crippen LogP contribution in [-0.2, 0) is 6.54 Å². The van der Waals surface area contributed by atoms with Crippen LogP contribution in [0.25, 0.3) is 11.0 Å². The minimum atomic E-state index is -0.111.